The van der Waals surface area contributed by atoms with Gasteiger partial charge in [-0.25, -0.2) is 0 Å². The molecule has 26 heavy (non-hydrogen) atoms. The Kier molecular flexibility index (Phi) is 4.73. The van der Waals surface area contributed by atoms with E-state index in [1.54, 1.807) is 31.3 Å². The van der Waals surface area contributed by atoms with E-state index in [1.165, 1.54) is 22.8 Å². The second-order valence-electron chi connectivity index (χ2n) is 5.43. The number of nitrogens with zero attached hydrogens (tertiary/aromatic N) is 3. The predicted molar refractivity (Wildman–Crippen MR) is 92.6 cm³/mol. The minimum Gasteiger partial charge on any atom is -0.454 e. The van der Waals surface area contributed by atoms with Crippen molar-refractivity contribution in [3.63, 3.8) is 0 Å². The molecule has 0 spiro atoms. The zero-order chi connectivity index (χ0) is 18.9. The summed E-state index contributed by atoms with van der Waals surface area (Å²) in [6, 6.07) is 11.8. The molecule has 0 aliphatic heterocycles. The molecule has 0 fully saturated rings. The SMILES string of the molecule is C=C(Oc1ccc(Cl)cc1)c1nnc(-c2ccccc2C(F)(F)F)n1C. The largest absolute Gasteiger partial charge is 0.454 e. The lowest BCUT2D eigenvalue weighted by Gasteiger charge is -2.13. The van der Waals surface area contributed by atoms with Crippen LogP contribution in [-0.4, -0.2) is 14.8 Å². The third-order valence-electron chi connectivity index (χ3n) is 3.65. The minimum atomic E-state index is -4.50. The van der Waals surface area contributed by atoms with Gasteiger partial charge in [0.1, 0.15) is 5.75 Å². The molecule has 0 radical (unpaired) electrons. The number of alkyl halides is 3. The molecule has 8 heteroatoms. The van der Waals surface area contributed by atoms with Crippen LogP contribution in [0, 0.1) is 0 Å². The highest BCUT2D eigenvalue weighted by molar-refractivity contribution is 6.30. The van der Waals surface area contributed by atoms with Gasteiger partial charge in [-0.2, -0.15) is 13.2 Å². The second kappa shape index (κ2) is 6.84. The van der Waals surface area contributed by atoms with Gasteiger partial charge in [-0.15, -0.1) is 10.2 Å². The fourth-order valence-corrected chi connectivity index (χ4v) is 2.55. The molecule has 0 aliphatic rings. The molecule has 4 nitrogen and oxygen atoms in total. The number of hydrogen-bond acceptors (Lipinski definition) is 3. The van der Waals surface area contributed by atoms with Crippen LogP contribution in [0.15, 0.2) is 55.1 Å². The fourth-order valence-electron chi connectivity index (χ4n) is 2.42. The Morgan fingerprint density at radius 2 is 1.73 bits per heavy atom. The summed E-state index contributed by atoms with van der Waals surface area (Å²) < 4.78 is 46.7. The number of aromatic nitrogens is 3. The van der Waals surface area contributed by atoms with Crippen LogP contribution in [0.4, 0.5) is 13.2 Å². The van der Waals surface area contributed by atoms with E-state index in [-0.39, 0.29) is 23.0 Å². The molecular weight excluding hydrogens is 367 g/mol. The molecule has 1 heterocycles. The number of hydrogen-bond donors (Lipinski definition) is 0. The molecule has 3 aromatic rings. The van der Waals surface area contributed by atoms with Crippen molar-refractivity contribution >= 4 is 17.4 Å². The molecule has 0 bridgehead atoms. The van der Waals surface area contributed by atoms with E-state index in [0.29, 0.717) is 10.8 Å². The van der Waals surface area contributed by atoms with E-state index in [9.17, 15) is 13.2 Å². The highest BCUT2D eigenvalue weighted by atomic mass is 35.5. The topological polar surface area (TPSA) is 39.9 Å². The molecule has 1 aromatic heterocycles. The lowest BCUT2D eigenvalue weighted by molar-refractivity contribution is -0.137. The molecular formula is C18H13ClF3N3O. The van der Waals surface area contributed by atoms with Gasteiger partial charge in [-0.3, -0.25) is 0 Å². The zero-order valence-corrected chi connectivity index (χ0v) is 14.3. The first kappa shape index (κ1) is 18.0. The summed E-state index contributed by atoms with van der Waals surface area (Å²) in [7, 11) is 1.55. The van der Waals surface area contributed by atoms with Gasteiger partial charge in [-0.05, 0) is 30.3 Å². The van der Waals surface area contributed by atoms with Crippen molar-refractivity contribution < 1.29 is 17.9 Å². The van der Waals surface area contributed by atoms with E-state index in [1.807, 2.05) is 0 Å². The molecule has 0 atom stereocenters. The van der Waals surface area contributed by atoms with Gasteiger partial charge in [-0.1, -0.05) is 36.4 Å². The van der Waals surface area contributed by atoms with Crippen molar-refractivity contribution in [1.82, 2.24) is 14.8 Å². The number of ether oxygens (including phenoxy) is 1. The van der Waals surface area contributed by atoms with E-state index < -0.39 is 11.7 Å². The van der Waals surface area contributed by atoms with E-state index in [2.05, 4.69) is 16.8 Å². The first-order valence-corrected chi connectivity index (χ1v) is 7.84. The highest BCUT2D eigenvalue weighted by Gasteiger charge is 2.34. The van der Waals surface area contributed by atoms with E-state index >= 15 is 0 Å². The summed E-state index contributed by atoms with van der Waals surface area (Å²) in [5.41, 5.74) is -0.855. The van der Waals surface area contributed by atoms with E-state index in [4.69, 9.17) is 16.3 Å². The molecule has 0 unspecified atom stereocenters. The average molecular weight is 380 g/mol. The summed E-state index contributed by atoms with van der Waals surface area (Å²) in [6.45, 7) is 3.78. The van der Waals surface area contributed by atoms with Crippen molar-refractivity contribution in [2.24, 2.45) is 7.05 Å². The van der Waals surface area contributed by atoms with Crippen LogP contribution in [0.5, 0.6) is 5.75 Å². The van der Waals surface area contributed by atoms with Crippen molar-refractivity contribution in [2.45, 2.75) is 6.18 Å². The maximum absolute atomic E-state index is 13.2. The van der Waals surface area contributed by atoms with Crippen LogP contribution in [0.25, 0.3) is 17.1 Å². The van der Waals surface area contributed by atoms with Gasteiger partial charge in [0, 0.05) is 17.6 Å². The first-order chi connectivity index (χ1) is 12.3. The molecule has 0 saturated carbocycles. The van der Waals surface area contributed by atoms with Crippen LogP contribution in [0.1, 0.15) is 11.4 Å². The van der Waals surface area contributed by atoms with Crippen molar-refractivity contribution in [2.75, 3.05) is 0 Å². The number of halogens is 4. The average Bonchev–Trinajstić information content (AvgIpc) is 2.98. The third-order valence-corrected chi connectivity index (χ3v) is 3.90. The molecule has 0 aliphatic carbocycles. The lowest BCUT2D eigenvalue weighted by atomic mass is 10.1. The summed E-state index contributed by atoms with van der Waals surface area (Å²) in [5, 5.41) is 8.36. The maximum Gasteiger partial charge on any atom is 0.417 e. The summed E-state index contributed by atoms with van der Waals surface area (Å²) >= 11 is 5.82. The summed E-state index contributed by atoms with van der Waals surface area (Å²) in [5.74, 6) is 0.901. The first-order valence-electron chi connectivity index (χ1n) is 7.46. The predicted octanol–water partition coefficient (Wildman–Crippen LogP) is 5.20. The monoisotopic (exact) mass is 379 g/mol. The van der Waals surface area contributed by atoms with Gasteiger partial charge >= 0.3 is 6.18 Å². The van der Waals surface area contributed by atoms with Crippen LogP contribution in [-0.2, 0) is 13.2 Å². The van der Waals surface area contributed by atoms with Crippen LogP contribution < -0.4 is 4.74 Å². The Balaban J connectivity index is 1.94. The Morgan fingerprint density at radius 3 is 2.38 bits per heavy atom. The van der Waals surface area contributed by atoms with Crippen molar-refractivity contribution in [3.05, 3.63) is 71.5 Å². The summed E-state index contributed by atoms with van der Waals surface area (Å²) in [6.07, 6.45) is -4.50. The molecule has 3 rings (SSSR count). The Hall–Kier alpha value is -2.80. The molecule has 134 valence electrons. The Morgan fingerprint density at radius 1 is 1.08 bits per heavy atom. The van der Waals surface area contributed by atoms with E-state index in [0.717, 1.165) is 6.07 Å². The van der Waals surface area contributed by atoms with Crippen LogP contribution >= 0.6 is 11.6 Å². The number of rotatable bonds is 4. The van der Waals surface area contributed by atoms with Gasteiger partial charge in [0.25, 0.3) is 0 Å². The summed E-state index contributed by atoms with van der Waals surface area (Å²) in [4.78, 5) is 0. The highest BCUT2D eigenvalue weighted by Crippen LogP contribution is 2.36. The normalized spacial score (nSPS) is 11.4. The van der Waals surface area contributed by atoms with Crippen LogP contribution in [0.2, 0.25) is 5.02 Å². The third kappa shape index (κ3) is 3.57. The molecule has 0 N–H and O–H groups in total. The van der Waals surface area contributed by atoms with Crippen molar-refractivity contribution in [3.8, 4) is 17.1 Å². The lowest BCUT2D eigenvalue weighted by Crippen LogP contribution is -2.09. The fraction of sp³-hybridized carbons (Fsp3) is 0.111. The Bertz CT molecular complexity index is 949. The molecule has 2 aromatic carbocycles. The molecule has 0 saturated heterocycles. The van der Waals surface area contributed by atoms with Gasteiger partial charge in [0.15, 0.2) is 17.4 Å². The zero-order valence-electron chi connectivity index (χ0n) is 13.6. The standard InChI is InChI=1S/C18H13ClF3N3O/c1-11(26-13-9-7-12(19)8-10-13)16-23-24-17(25(16)2)14-5-3-4-6-15(14)18(20,21)22/h3-10H,1H2,2H3. The Labute approximate surface area is 152 Å². The minimum absolute atomic E-state index is 0.0637. The van der Waals surface area contributed by atoms with Crippen molar-refractivity contribution in [1.29, 1.82) is 0 Å². The maximum atomic E-state index is 13.2. The molecule has 0 amide bonds. The van der Waals surface area contributed by atoms with Crippen LogP contribution in [0.3, 0.4) is 0 Å². The number of benzene rings is 2. The second-order valence-corrected chi connectivity index (χ2v) is 5.87. The smallest absolute Gasteiger partial charge is 0.417 e. The van der Waals surface area contributed by atoms with Gasteiger partial charge in [0.05, 0.1) is 5.56 Å². The van der Waals surface area contributed by atoms with Gasteiger partial charge in [0.2, 0.25) is 0 Å². The van der Waals surface area contributed by atoms with Gasteiger partial charge < -0.3 is 9.30 Å². The quantitative estimate of drug-likeness (QED) is 0.585.